The first-order chi connectivity index (χ1) is 13.0. The first-order valence-electron chi connectivity index (χ1n) is 8.49. The van der Waals surface area contributed by atoms with Gasteiger partial charge in [0.1, 0.15) is 11.1 Å². The summed E-state index contributed by atoms with van der Waals surface area (Å²) in [7, 11) is 1.33. The van der Waals surface area contributed by atoms with E-state index in [9.17, 15) is 14.4 Å². The molecule has 1 amide bonds. The third-order valence-corrected chi connectivity index (χ3v) is 4.35. The number of fused-ring (bicyclic) bond motifs is 1. The first-order valence-corrected chi connectivity index (χ1v) is 8.49. The number of hydrogen-bond acceptors (Lipinski definition) is 5. The molecule has 0 fully saturated rings. The van der Waals surface area contributed by atoms with Crippen molar-refractivity contribution in [3.8, 4) is 0 Å². The number of aryl methyl sites for hydroxylation is 1. The molecule has 1 heterocycles. The van der Waals surface area contributed by atoms with Gasteiger partial charge in [-0.05, 0) is 42.7 Å². The molecule has 0 spiro atoms. The summed E-state index contributed by atoms with van der Waals surface area (Å²) in [4.78, 5) is 36.3. The molecule has 0 bridgehead atoms. The fraction of sp³-hybridized carbons (Fsp3) is 0.190. The lowest BCUT2D eigenvalue weighted by atomic mass is 10.1. The van der Waals surface area contributed by atoms with Crippen LogP contribution in [0.3, 0.4) is 0 Å². The highest BCUT2D eigenvalue weighted by Crippen LogP contribution is 2.18. The van der Waals surface area contributed by atoms with Crippen LogP contribution in [0.2, 0.25) is 0 Å². The summed E-state index contributed by atoms with van der Waals surface area (Å²) in [5.74, 6) is -0.888. The maximum atomic E-state index is 12.5. The Morgan fingerprint density at radius 1 is 1.11 bits per heavy atom. The summed E-state index contributed by atoms with van der Waals surface area (Å²) in [5.41, 5.74) is 1.73. The van der Waals surface area contributed by atoms with E-state index in [2.05, 4.69) is 5.32 Å². The highest BCUT2D eigenvalue weighted by molar-refractivity contribution is 5.99. The molecule has 1 N–H and O–H groups in total. The predicted octanol–water partition coefficient (Wildman–Crippen LogP) is 2.86. The molecule has 0 aliphatic heterocycles. The molecule has 0 radical (unpaired) electrons. The van der Waals surface area contributed by atoms with Crippen LogP contribution in [-0.2, 0) is 11.2 Å². The summed E-state index contributed by atoms with van der Waals surface area (Å²) in [6.45, 7) is 2.04. The van der Waals surface area contributed by atoms with Gasteiger partial charge in [0, 0.05) is 11.9 Å². The van der Waals surface area contributed by atoms with Crippen molar-refractivity contribution in [3.05, 3.63) is 81.2 Å². The second kappa shape index (κ2) is 7.86. The van der Waals surface area contributed by atoms with Crippen molar-refractivity contribution in [3.63, 3.8) is 0 Å². The molecule has 3 rings (SSSR count). The zero-order valence-corrected chi connectivity index (χ0v) is 15.1. The molecule has 6 nitrogen and oxygen atoms in total. The van der Waals surface area contributed by atoms with Crippen LogP contribution in [0.25, 0.3) is 11.0 Å². The van der Waals surface area contributed by atoms with Crippen molar-refractivity contribution >= 4 is 22.8 Å². The zero-order valence-electron chi connectivity index (χ0n) is 15.1. The van der Waals surface area contributed by atoms with Gasteiger partial charge in [-0.3, -0.25) is 4.79 Å². The minimum Gasteiger partial charge on any atom is -0.465 e. The van der Waals surface area contributed by atoms with E-state index in [-0.39, 0.29) is 5.56 Å². The lowest BCUT2D eigenvalue weighted by Gasteiger charge is -2.09. The van der Waals surface area contributed by atoms with E-state index in [1.54, 1.807) is 37.3 Å². The highest BCUT2D eigenvalue weighted by atomic mass is 16.5. The SMILES string of the molecule is COC(=O)c1cccc(CCNC(=O)c2c(C)c3ccccc3oc2=O)c1. The van der Waals surface area contributed by atoms with Gasteiger partial charge in [-0.1, -0.05) is 30.3 Å². The third-order valence-electron chi connectivity index (χ3n) is 4.35. The van der Waals surface area contributed by atoms with Gasteiger partial charge in [0.2, 0.25) is 0 Å². The Morgan fingerprint density at radius 2 is 1.89 bits per heavy atom. The van der Waals surface area contributed by atoms with Crippen molar-refractivity contribution < 1.29 is 18.7 Å². The van der Waals surface area contributed by atoms with Gasteiger partial charge in [-0.15, -0.1) is 0 Å². The number of benzene rings is 2. The molecule has 0 atom stereocenters. The molecule has 6 heteroatoms. The van der Waals surface area contributed by atoms with Gasteiger partial charge in [0.05, 0.1) is 12.7 Å². The van der Waals surface area contributed by atoms with Crippen LogP contribution in [0.15, 0.2) is 57.7 Å². The Balaban J connectivity index is 1.73. The minimum atomic E-state index is -0.656. The summed E-state index contributed by atoms with van der Waals surface area (Å²) in [6.07, 6.45) is 0.508. The summed E-state index contributed by atoms with van der Waals surface area (Å²) in [6, 6.07) is 14.1. The summed E-state index contributed by atoms with van der Waals surface area (Å²) in [5, 5.41) is 3.47. The second-order valence-corrected chi connectivity index (χ2v) is 6.08. The molecule has 0 aliphatic carbocycles. The Kier molecular flexibility index (Phi) is 5.35. The zero-order chi connectivity index (χ0) is 19.4. The van der Waals surface area contributed by atoms with Crippen LogP contribution in [0.1, 0.15) is 31.8 Å². The predicted molar refractivity (Wildman–Crippen MR) is 101 cm³/mol. The molecular weight excluding hydrogens is 346 g/mol. The van der Waals surface area contributed by atoms with Gasteiger partial charge < -0.3 is 14.5 Å². The largest absolute Gasteiger partial charge is 0.465 e. The number of para-hydroxylation sites is 1. The standard InChI is InChI=1S/C21H19NO5/c1-13-16-8-3-4-9-17(16)27-21(25)18(13)19(23)22-11-10-14-6-5-7-15(12-14)20(24)26-2/h3-9,12H,10-11H2,1-2H3,(H,22,23). The van der Waals surface area contributed by atoms with E-state index in [4.69, 9.17) is 9.15 Å². The van der Waals surface area contributed by atoms with Crippen LogP contribution in [0, 0.1) is 6.92 Å². The average molecular weight is 365 g/mol. The van der Waals surface area contributed by atoms with Gasteiger partial charge in [0.15, 0.2) is 0 Å². The van der Waals surface area contributed by atoms with E-state index in [0.717, 1.165) is 10.9 Å². The Labute approximate surface area is 155 Å². The van der Waals surface area contributed by atoms with Crippen LogP contribution >= 0.6 is 0 Å². The van der Waals surface area contributed by atoms with E-state index >= 15 is 0 Å². The maximum absolute atomic E-state index is 12.5. The van der Waals surface area contributed by atoms with E-state index < -0.39 is 17.5 Å². The number of methoxy groups -OCH3 is 1. The normalized spacial score (nSPS) is 10.6. The van der Waals surface area contributed by atoms with E-state index in [1.807, 2.05) is 18.2 Å². The minimum absolute atomic E-state index is 0.0111. The number of amides is 1. The molecule has 2 aromatic carbocycles. The average Bonchev–Trinajstić information content (AvgIpc) is 2.67. The topological polar surface area (TPSA) is 85.6 Å². The van der Waals surface area contributed by atoms with Crippen LogP contribution in [0.5, 0.6) is 0 Å². The molecule has 1 aromatic heterocycles. The monoisotopic (exact) mass is 365 g/mol. The van der Waals surface area contributed by atoms with Crippen LogP contribution in [-0.4, -0.2) is 25.5 Å². The lowest BCUT2D eigenvalue weighted by Crippen LogP contribution is -2.31. The fourth-order valence-corrected chi connectivity index (χ4v) is 2.95. The van der Waals surface area contributed by atoms with Gasteiger partial charge in [-0.25, -0.2) is 9.59 Å². The molecular formula is C21H19NO5. The Morgan fingerprint density at radius 3 is 2.67 bits per heavy atom. The summed E-state index contributed by atoms with van der Waals surface area (Å²) >= 11 is 0. The van der Waals surface area contributed by atoms with E-state index in [0.29, 0.717) is 29.7 Å². The van der Waals surface area contributed by atoms with Gasteiger partial charge >= 0.3 is 11.6 Å². The molecule has 138 valence electrons. The fourth-order valence-electron chi connectivity index (χ4n) is 2.95. The molecule has 0 aliphatic rings. The Bertz CT molecular complexity index is 1070. The summed E-state index contributed by atoms with van der Waals surface area (Å²) < 4.78 is 9.95. The van der Waals surface area contributed by atoms with Crippen molar-refractivity contribution in [2.75, 3.05) is 13.7 Å². The number of hydrogen-bond donors (Lipinski definition) is 1. The number of rotatable bonds is 5. The quantitative estimate of drug-likeness (QED) is 0.555. The van der Waals surface area contributed by atoms with Crippen molar-refractivity contribution in [1.82, 2.24) is 5.32 Å². The number of carbonyl (C=O) groups excluding carboxylic acids is 2. The third kappa shape index (κ3) is 3.89. The van der Waals surface area contributed by atoms with Crippen LogP contribution < -0.4 is 10.9 Å². The number of carbonyl (C=O) groups is 2. The Hall–Kier alpha value is -3.41. The van der Waals surface area contributed by atoms with Gasteiger partial charge in [0.25, 0.3) is 5.91 Å². The van der Waals surface area contributed by atoms with Crippen molar-refractivity contribution in [1.29, 1.82) is 0 Å². The van der Waals surface area contributed by atoms with Crippen LogP contribution in [0.4, 0.5) is 0 Å². The van der Waals surface area contributed by atoms with E-state index in [1.165, 1.54) is 7.11 Å². The van der Waals surface area contributed by atoms with Crippen molar-refractivity contribution in [2.45, 2.75) is 13.3 Å². The highest BCUT2D eigenvalue weighted by Gasteiger charge is 2.18. The maximum Gasteiger partial charge on any atom is 0.349 e. The number of ether oxygens (including phenoxy) is 1. The van der Waals surface area contributed by atoms with Crippen molar-refractivity contribution in [2.24, 2.45) is 0 Å². The smallest absolute Gasteiger partial charge is 0.349 e. The molecule has 0 unspecified atom stereocenters. The number of nitrogens with one attached hydrogen (secondary N) is 1. The lowest BCUT2D eigenvalue weighted by molar-refractivity contribution is 0.0600. The molecule has 3 aromatic rings. The second-order valence-electron chi connectivity index (χ2n) is 6.08. The number of esters is 1. The molecule has 27 heavy (non-hydrogen) atoms. The first kappa shape index (κ1) is 18.4. The molecule has 0 saturated heterocycles. The molecule has 0 saturated carbocycles. The van der Waals surface area contributed by atoms with Gasteiger partial charge in [-0.2, -0.15) is 0 Å².